The van der Waals surface area contributed by atoms with Gasteiger partial charge in [-0.3, -0.25) is 4.79 Å². The molecule has 0 aliphatic heterocycles. The number of benzene rings is 1. The standard InChI is InChI=1S/C12H17FN2O3S/c1-12(2,14)8-19(17,18)7-11(16)15-10-5-3-4-9(13)6-10/h3-6H,7-8,14H2,1-2H3,(H,15,16). The molecule has 1 aromatic rings. The molecule has 7 heteroatoms. The number of carbonyl (C=O) groups is 1. The Balaban J connectivity index is 2.66. The Morgan fingerprint density at radius 3 is 2.58 bits per heavy atom. The third kappa shape index (κ3) is 6.30. The van der Waals surface area contributed by atoms with Crippen molar-refractivity contribution in [1.82, 2.24) is 0 Å². The summed E-state index contributed by atoms with van der Waals surface area (Å²) in [5.74, 6) is -2.20. The number of nitrogens with two attached hydrogens (primary N) is 1. The first-order valence-electron chi connectivity index (χ1n) is 5.62. The van der Waals surface area contributed by atoms with Crippen molar-refractivity contribution in [2.24, 2.45) is 5.73 Å². The Kier molecular flexibility index (Phi) is 4.65. The van der Waals surface area contributed by atoms with E-state index < -0.39 is 32.9 Å². The van der Waals surface area contributed by atoms with Crippen molar-refractivity contribution < 1.29 is 17.6 Å². The van der Waals surface area contributed by atoms with Gasteiger partial charge in [-0.25, -0.2) is 12.8 Å². The molecule has 0 fully saturated rings. The fourth-order valence-corrected chi connectivity index (χ4v) is 3.29. The maximum atomic E-state index is 12.9. The van der Waals surface area contributed by atoms with Crippen molar-refractivity contribution >= 4 is 21.4 Å². The molecule has 19 heavy (non-hydrogen) atoms. The van der Waals surface area contributed by atoms with Crippen LogP contribution in [0.4, 0.5) is 10.1 Å². The van der Waals surface area contributed by atoms with E-state index in [1.807, 2.05) is 0 Å². The van der Waals surface area contributed by atoms with E-state index in [0.29, 0.717) is 0 Å². The van der Waals surface area contributed by atoms with Gasteiger partial charge in [-0.2, -0.15) is 0 Å². The Hall–Kier alpha value is -1.47. The summed E-state index contributed by atoms with van der Waals surface area (Å²) in [5.41, 5.74) is 4.92. The number of hydrogen-bond acceptors (Lipinski definition) is 4. The Bertz CT molecular complexity index is 565. The van der Waals surface area contributed by atoms with E-state index in [9.17, 15) is 17.6 Å². The van der Waals surface area contributed by atoms with Crippen LogP contribution in [0.2, 0.25) is 0 Å². The number of nitrogens with one attached hydrogen (secondary N) is 1. The molecule has 0 saturated carbocycles. The maximum absolute atomic E-state index is 12.9. The smallest absolute Gasteiger partial charge is 0.239 e. The maximum Gasteiger partial charge on any atom is 0.239 e. The predicted octanol–water partition coefficient (Wildman–Crippen LogP) is 0.916. The van der Waals surface area contributed by atoms with E-state index in [2.05, 4.69) is 5.32 Å². The number of hydrogen-bond donors (Lipinski definition) is 2. The Morgan fingerprint density at radius 2 is 2.05 bits per heavy atom. The number of amides is 1. The molecule has 3 N–H and O–H groups in total. The monoisotopic (exact) mass is 288 g/mol. The molecule has 1 rings (SSSR count). The highest BCUT2D eigenvalue weighted by molar-refractivity contribution is 7.92. The highest BCUT2D eigenvalue weighted by Crippen LogP contribution is 2.10. The van der Waals surface area contributed by atoms with Crippen LogP contribution in [0.15, 0.2) is 24.3 Å². The summed E-state index contributed by atoms with van der Waals surface area (Å²) in [4.78, 5) is 11.6. The molecule has 0 spiro atoms. The lowest BCUT2D eigenvalue weighted by Crippen LogP contribution is -2.42. The number of sulfone groups is 1. The van der Waals surface area contributed by atoms with Crippen molar-refractivity contribution in [2.75, 3.05) is 16.8 Å². The molecular weight excluding hydrogens is 271 g/mol. The molecule has 1 aromatic carbocycles. The minimum Gasteiger partial charge on any atom is -0.325 e. The van der Waals surface area contributed by atoms with Crippen molar-refractivity contribution in [3.05, 3.63) is 30.1 Å². The van der Waals surface area contributed by atoms with Crippen LogP contribution >= 0.6 is 0 Å². The summed E-state index contributed by atoms with van der Waals surface area (Å²) in [6.45, 7) is 3.13. The summed E-state index contributed by atoms with van der Waals surface area (Å²) < 4.78 is 36.3. The van der Waals surface area contributed by atoms with Crippen molar-refractivity contribution in [3.63, 3.8) is 0 Å². The second kappa shape index (κ2) is 5.66. The Labute approximate surface area is 111 Å². The number of anilines is 1. The van der Waals surface area contributed by atoms with Gasteiger partial charge in [-0.05, 0) is 32.0 Å². The highest BCUT2D eigenvalue weighted by Gasteiger charge is 2.24. The molecule has 0 bridgehead atoms. The number of carbonyl (C=O) groups excluding carboxylic acids is 1. The van der Waals surface area contributed by atoms with Gasteiger partial charge in [0, 0.05) is 11.2 Å². The lowest BCUT2D eigenvalue weighted by Gasteiger charge is -2.17. The second-order valence-corrected chi connectivity index (χ2v) is 7.14. The average Bonchev–Trinajstić information content (AvgIpc) is 2.11. The van der Waals surface area contributed by atoms with E-state index in [1.54, 1.807) is 13.8 Å². The topological polar surface area (TPSA) is 89.3 Å². The molecule has 106 valence electrons. The van der Waals surface area contributed by atoms with E-state index in [1.165, 1.54) is 18.2 Å². The van der Waals surface area contributed by atoms with Gasteiger partial charge < -0.3 is 11.1 Å². The molecule has 5 nitrogen and oxygen atoms in total. The molecule has 0 heterocycles. The van der Waals surface area contributed by atoms with Gasteiger partial charge in [0.05, 0.1) is 5.75 Å². The Morgan fingerprint density at radius 1 is 1.42 bits per heavy atom. The first-order chi connectivity index (χ1) is 8.57. The van der Waals surface area contributed by atoms with Crippen molar-refractivity contribution in [2.45, 2.75) is 19.4 Å². The fraction of sp³-hybridized carbons (Fsp3) is 0.417. The molecule has 0 saturated heterocycles. The fourth-order valence-electron chi connectivity index (χ4n) is 1.58. The summed E-state index contributed by atoms with van der Waals surface area (Å²) in [5, 5.41) is 2.33. The van der Waals surface area contributed by atoms with E-state index in [4.69, 9.17) is 5.73 Å². The van der Waals surface area contributed by atoms with Gasteiger partial charge in [0.2, 0.25) is 5.91 Å². The van der Waals surface area contributed by atoms with E-state index in [0.717, 1.165) is 6.07 Å². The lowest BCUT2D eigenvalue weighted by atomic mass is 10.1. The van der Waals surface area contributed by atoms with Gasteiger partial charge >= 0.3 is 0 Å². The van der Waals surface area contributed by atoms with Crippen LogP contribution in [-0.2, 0) is 14.6 Å². The summed E-state index contributed by atoms with van der Waals surface area (Å²) in [7, 11) is -3.60. The molecule has 0 radical (unpaired) electrons. The van der Waals surface area contributed by atoms with Crippen LogP contribution in [-0.4, -0.2) is 31.4 Å². The summed E-state index contributed by atoms with van der Waals surface area (Å²) in [6.07, 6.45) is 0. The van der Waals surface area contributed by atoms with Crippen molar-refractivity contribution in [3.8, 4) is 0 Å². The van der Waals surface area contributed by atoms with Crippen LogP contribution < -0.4 is 11.1 Å². The average molecular weight is 288 g/mol. The minimum atomic E-state index is -3.60. The summed E-state index contributed by atoms with van der Waals surface area (Å²) in [6, 6.07) is 5.23. The zero-order valence-electron chi connectivity index (χ0n) is 10.8. The number of halogens is 1. The first kappa shape index (κ1) is 15.6. The third-order valence-corrected chi connectivity index (χ3v) is 3.94. The van der Waals surface area contributed by atoms with Crippen LogP contribution in [0.25, 0.3) is 0 Å². The van der Waals surface area contributed by atoms with Crippen LogP contribution in [0.3, 0.4) is 0 Å². The van der Waals surface area contributed by atoms with Crippen LogP contribution in [0.5, 0.6) is 0 Å². The zero-order chi connectivity index (χ0) is 14.7. The molecule has 0 aliphatic rings. The van der Waals surface area contributed by atoms with Crippen LogP contribution in [0, 0.1) is 5.82 Å². The minimum absolute atomic E-state index is 0.215. The largest absolute Gasteiger partial charge is 0.325 e. The third-order valence-electron chi connectivity index (χ3n) is 2.05. The quantitative estimate of drug-likeness (QED) is 0.843. The highest BCUT2D eigenvalue weighted by atomic mass is 32.2. The van der Waals surface area contributed by atoms with Gasteiger partial charge in [-0.1, -0.05) is 6.07 Å². The molecule has 1 amide bonds. The van der Waals surface area contributed by atoms with Gasteiger partial charge in [0.15, 0.2) is 9.84 Å². The van der Waals surface area contributed by atoms with E-state index in [-0.39, 0.29) is 11.4 Å². The lowest BCUT2D eigenvalue weighted by molar-refractivity contribution is -0.113. The summed E-state index contributed by atoms with van der Waals surface area (Å²) >= 11 is 0. The first-order valence-corrected chi connectivity index (χ1v) is 7.44. The molecular formula is C12H17FN2O3S. The second-order valence-electron chi connectivity index (χ2n) is 5.08. The van der Waals surface area contributed by atoms with Crippen LogP contribution in [0.1, 0.15) is 13.8 Å². The van der Waals surface area contributed by atoms with Gasteiger partial charge in [0.25, 0.3) is 0 Å². The number of rotatable bonds is 5. The molecule has 0 atom stereocenters. The van der Waals surface area contributed by atoms with E-state index >= 15 is 0 Å². The normalized spacial score (nSPS) is 12.2. The van der Waals surface area contributed by atoms with Gasteiger partial charge in [0.1, 0.15) is 11.6 Å². The molecule has 0 aromatic heterocycles. The van der Waals surface area contributed by atoms with Gasteiger partial charge in [-0.15, -0.1) is 0 Å². The molecule has 0 unspecified atom stereocenters. The SMILES string of the molecule is CC(C)(N)CS(=O)(=O)CC(=O)Nc1cccc(F)c1. The predicted molar refractivity (Wildman–Crippen MR) is 71.9 cm³/mol. The zero-order valence-corrected chi connectivity index (χ0v) is 11.6. The van der Waals surface area contributed by atoms with Crippen molar-refractivity contribution in [1.29, 1.82) is 0 Å². The molecule has 0 aliphatic carbocycles.